The predicted molar refractivity (Wildman–Crippen MR) is 58.4 cm³/mol. The van der Waals surface area contributed by atoms with Crippen molar-refractivity contribution >= 4 is 11.3 Å². The van der Waals surface area contributed by atoms with Crippen molar-refractivity contribution in [2.75, 3.05) is 6.54 Å². The number of likely N-dealkylation sites (N-methyl/N-ethyl adjacent to an activating group) is 1. The maximum Gasteiger partial charge on any atom is 0.0946 e. The van der Waals surface area contributed by atoms with Gasteiger partial charge in [-0.25, -0.2) is 4.98 Å². The molecule has 1 unspecified atom stereocenters. The fourth-order valence-corrected chi connectivity index (χ4v) is 2.37. The minimum Gasteiger partial charge on any atom is -0.314 e. The van der Waals surface area contributed by atoms with Crippen LogP contribution in [0.1, 0.15) is 29.4 Å². The van der Waals surface area contributed by atoms with Gasteiger partial charge in [-0.05, 0) is 27.3 Å². The van der Waals surface area contributed by atoms with Gasteiger partial charge in [-0.2, -0.15) is 0 Å². The zero-order chi connectivity index (χ0) is 9.84. The summed E-state index contributed by atoms with van der Waals surface area (Å²) in [7, 11) is 0. The second kappa shape index (κ2) is 4.72. The van der Waals surface area contributed by atoms with Crippen LogP contribution in [-0.2, 0) is 6.42 Å². The zero-order valence-corrected chi connectivity index (χ0v) is 9.66. The Labute approximate surface area is 84.4 Å². The molecule has 74 valence electrons. The Hall–Kier alpha value is -0.410. The van der Waals surface area contributed by atoms with Crippen molar-refractivity contribution in [1.29, 1.82) is 0 Å². The van der Waals surface area contributed by atoms with Crippen LogP contribution < -0.4 is 5.32 Å². The van der Waals surface area contributed by atoms with Crippen LogP contribution in [0.3, 0.4) is 0 Å². The maximum absolute atomic E-state index is 4.51. The molecular weight excluding hydrogens is 180 g/mol. The van der Waals surface area contributed by atoms with E-state index in [4.69, 9.17) is 0 Å². The van der Waals surface area contributed by atoms with E-state index in [1.807, 2.05) is 11.3 Å². The molecule has 0 aliphatic rings. The summed E-state index contributed by atoms with van der Waals surface area (Å²) < 4.78 is 0. The van der Waals surface area contributed by atoms with Crippen molar-refractivity contribution in [1.82, 2.24) is 10.3 Å². The Morgan fingerprint density at radius 3 is 2.62 bits per heavy atom. The minimum absolute atomic E-state index is 0.537. The van der Waals surface area contributed by atoms with E-state index in [0.717, 1.165) is 13.0 Å². The van der Waals surface area contributed by atoms with Gasteiger partial charge in [0.1, 0.15) is 0 Å². The topological polar surface area (TPSA) is 24.9 Å². The van der Waals surface area contributed by atoms with Crippen LogP contribution in [0, 0.1) is 13.8 Å². The number of aromatic nitrogens is 1. The average Bonchev–Trinajstić information content (AvgIpc) is 2.31. The van der Waals surface area contributed by atoms with Gasteiger partial charge in [0.15, 0.2) is 0 Å². The van der Waals surface area contributed by atoms with Crippen LogP contribution in [-0.4, -0.2) is 17.6 Å². The highest BCUT2D eigenvalue weighted by molar-refractivity contribution is 7.11. The van der Waals surface area contributed by atoms with Gasteiger partial charge in [0.25, 0.3) is 0 Å². The minimum atomic E-state index is 0.537. The molecule has 0 spiro atoms. The smallest absolute Gasteiger partial charge is 0.0946 e. The molecule has 1 rings (SSSR count). The summed E-state index contributed by atoms with van der Waals surface area (Å²) >= 11 is 1.82. The molecule has 0 amide bonds. The van der Waals surface area contributed by atoms with Crippen molar-refractivity contribution in [3.63, 3.8) is 0 Å². The highest BCUT2D eigenvalue weighted by Gasteiger charge is 2.07. The highest BCUT2D eigenvalue weighted by Crippen LogP contribution is 2.17. The summed E-state index contributed by atoms with van der Waals surface area (Å²) in [5.41, 5.74) is 1.18. The molecule has 2 nitrogen and oxygen atoms in total. The number of thiazole rings is 1. The van der Waals surface area contributed by atoms with Gasteiger partial charge < -0.3 is 5.32 Å². The first-order valence-corrected chi connectivity index (χ1v) is 5.61. The third kappa shape index (κ3) is 3.08. The van der Waals surface area contributed by atoms with Crippen molar-refractivity contribution in [3.8, 4) is 0 Å². The molecule has 0 saturated heterocycles. The Morgan fingerprint density at radius 2 is 2.15 bits per heavy atom. The molecule has 0 aliphatic carbocycles. The van der Waals surface area contributed by atoms with Gasteiger partial charge in [-0.1, -0.05) is 6.92 Å². The lowest BCUT2D eigenvalue weighted by Crippen LogP contribution is -2.27. The van der Waals surface area contributed by atoms with Crippen molar-refractivity contribution in [2.24, 2.45) is 0 Å². The lowest BCUT2D eigenvalue weighted by atomic mass is 10.2. The summed E-state index contributed by atoms with van der Waals surface area (Å²) in [6.07, 6.45) is 1.05. The first-order valence-electron chi connectivity index (χ1n) is 4.79. The number of aryl methyl sites for hydroxylation is 2. The van der Waals surface area contributed by atoms with E-state index in [9.17, 15) is 0 Å². The Morgan fingerprint density at radius 1 is 1.46 bits per heavy atom. The monoisotopic (exact) mass is 198 g/mol. The van der Waals surface area contributed by atoms with Crippen LogP contribution in [0.5, 0.6) is 0 Å². The third-order valence-corrected chi connectivity index (χ3v) is 3.20. The third-order valence-electron chi connectivity index (χ3n) is 2.11. The predicted octanol–water partition coefficient (Wildman–Crippen LogP) is 2.30. The molecule has 3 heteroatoms. The van der Waals surface area contributed by atoms with Crippen LogP contribution in [0.15, 0.2) is 0 Å². The summed E-state index contributed by atoms with van der Waals surface area (Å²) in [6, 6.07) is 0.537. The summed E-state index contributed by atoms with van der Waals surface area (Å²) in [6.45, 7) is 9.58. The highest BCUT2D eigenvalue weighted by atomic mass is 32.1. The lowest BCUT2D eigenvalue weighted by molar-refractivity contribution is 0.564. The zero-order valence-electron chi connectivity index (χ0n) is 8.85. The Balaban J connectivity index is 2.53. The van der Waals surface area contributed by atoms with Crippen LogP contribution in [0.25, 0.3) is 0 Å². The van der Waals surface area contributed by atoms with E-state index in [0.29, 0.717) is 6.04 Å². The van der Waals surface area contributed by atoms with E-state index in [2.05, 4.69) is 38.0 Å². The molecule has 1 aromatic rings. The van der Waals surface area contributed by atoms with E-state index in [1.165, 1.54) is 15.6 Å². The molecule has 13 heavy (non-hydrogen) atoms. The summed E-state index contributed by atoms with van der Waals surface area (Å²) in [5, 5.41) is 4.64. The van der Waals surface area contributed by atoms with Crippen molar-refractivity contribution in [3.05, 3.63) is 15.6 Å². The molecule has 0 radical (unpaired) electrons. The number of nitrogens with one attached hydrogen (secondary N) is 1. The van der Waals surface area contributed by atoms with Gasteiger partial charge in [0.2, 0.25) is 0 Å². The standard InChI is InChI=1S/C10H18N2S/c1-5-11-7(2)6-10-12-8(3)9(4)13-10/h7,11H,5-6H2,1-4H3. The SMILES string of the molecule is CCNC(C)Cc1nc(C)c(C)s1. The molecule has 1 atom stereocenters. The van der Waals surface area contributed by atoms with E-state index in [1.54, 1.807) is 0 Å². The number of hydrogen-bond donors (Lipinski definition) is 1. The fourth-order valence-electron chi connectivity index (χ4n) is 1.31. The van der Waals surface area contributed by atoms with Gasteiger partial charge in [0, 0.05) is 17.3 Å². The second-order valence-corrected chi connectivity index (χ2v) is 4.70. The first-order chi connectivity index (χ1) is 6.13. The molecule has 0 aliphatic heterocycles. The van der Waals surface area contributed by atoms with Crippen molar-refractivity contribution in [2.45, 2.75) is 40.2 Å². The van der Waals surface area contributed by atoms with Crippen LogP contribution in [0.2, 0.25) is 0 Å². The van der Waals surface area contributed by atoms with Crippen LogP contribution >= 0.6 is 11.3 Å². The van der Waals surface area contributed by atoms with Gasteiger partial charge >= 0.3 is 0 Å². The summed E-state index contributed by atoms with van der Waals surface area (Å²) in [4.78, 5) is 5.86. The largest absolute Gasteiger partial charge is 0.314 e. The summed E-state index contributed by atoms with van der Waals surface area (Å²) in [5.74, 6) is 0. The second-order valence-electron chi connectivity index (χ2n) is 3.41. The molecule has 1 aromatic heterocycles. The molecule has 1 heterocycles. The lowest BCUT2D eigenvalue weighted by Gasteiger charge is -2.09. The number of hydrogen-bond acceptors (Lipinski definition) is 3. The average molecular weight is 198 g/mol. The maximum atomic E-state index is 4.51. The van der Waals surface area contributed by atoms with E-state index in [-0.39, 0.29) is 0 Å². The molecule has 0 fully saturated rings. The normalized spacial score (nSPS) is 13.2. The number of nitrogens with zero attached hydrogens (tertiary/aromatic N) is 1. The molecule has 0 saturated carbocycles. The Kier molecular flexibility index (Phi) is 3.88. The van der Waals surface area contributed by atoms with Crippen molar-refractivity contribution < 1.29 is 0 Å². The number of rotatable bonds is 4. The molecule has 0 aromatic carbocycles. The van der Waals surface area contributed by atoms with E-state index < -0.39 is 0 Å². The van der Waals surface area contributed by atoms with Gasteiger partial charge in [-0.3, -0.25) is 0 Å². The first kappa shape index (κ1) is 10.7. The fraction of sp³-hybridized carbons (Fsp3) is 0.700. The molecule has 1 N–H and O–H groups in total. The Bertz CT molecular complexity index is 248. The molecular formula is C10H18N2S. The van der Waals surface area contributed by atoms with Crippen LogP contribution in [0.4, 0.5) is 0 Å². The van der Waals surface area contributed by atoms with Gasteiger partial charge in [-0.15, -0.1) is 11.3 Å². The quantitative estimate of drug-likeness (QED) is 0.803. The molecule has 0 bridgehead atoms. The van der Waals surface area contributed by atoms with Gasteiger partial charge in [0.05, 0.1) is 10.7 Å². The van der Waals surface area contributed by atoms with E-state index >= 15 is 0 Å².